The molecule has 0 aliphatic heterocycles. The van der Waals surface area contributed by atoms with Gasteiger partial charge in [0.05, 0.1) is 0 Å². The maximum absolute atomic E-state index is 10.4. The Hall–Kier alpha value is -0.370. The summed E-state index contributed by atoms with van der Waals surface area (Å²) in [5.74, 6) is 0.258. The molecule has 0 aromatic carbocycles. The van der Waals surface area contributed by atoms with Crippen LogP contribution in [0.4, 0.5) is 0 Å². The molecule has 60 valence electrons. The van der Waals surface area contributed by atoms with E-state index in [2.05, 4.69) is 6.92 Å². The van der Waals surface area contributed by atoms with Gasteiger partial charge in [-0.1, -0.05) is 13.3 Å². The summed E-state index contributed by atoms with van der Waals surface area (Å²) in [5.41, 5.74) is 5.31. The highest BCUT2D eigenvalue weighted by atomic mass is 16.1. The van der Waals surface area contributed by atoms with Gasteiger partial charge in [0.25, 0.3) is 0 Å². The smallest absolute Gasteiger partial charge is 0.123 e. The molecule has 0 aliphatic rings. The fourth-order valence-electron chi connectivity index (χ4n) is 1.03. The molecule has 0 bridgehead atoms. The van der Waals surface area contributed by atoms with Crippen LogP contribution in [0, 0.1) is 5.92 Å². The third-order valence-corrected chi connectivity index (χ3v) is 1.63. The average Bonchev–Trinajstić information content (AvgIpc) is 1.98. The molecule has 0 saturated heterocycles. The molecule has 1 atom stereocenters. The number of carbonyl (C=O) groups excluding carboxylic acids is 1. The lowest BCUT2D eigenvalue weighted by Crippen LogP contribution is -2.06. The van der Waals surface area contributed by atoms with E-state index >= 15 is 0 Å². The van der Waals surface area contributed by atoms with Crippen molar-refractivity contribution in [1.82, 2.24) is 0 Å². The number of aldehydes is 1. The summed E-state index contributed by atoms with van der Waals surface area (Å²) in [6, 6.07) is 0. The Morgan fingerprint density at radius 3 is 2.60 bits per heavy atom. The normalized spacial score (nSPS) is 13.0. The molecule has 10 heavy (non-hydrogen) atoms. The van der Waals surface area contributed by atoms with Crippen molar-refractivity contribution < 1.29 is 4.79 Å². The minimum atomic E-state index is 0.258. The van der Waals surface area contributed by atoms with Gasteiger partial charge in [-0.3, -0.25) is 0 Å². The van der Waals surface area contributed by atoms with Crippen molar-refractivity contribution >= 4 is 6.29 Å². The molecule has 0 fully saturated rings. The monoisotopic (exact) mass is 143 g/mol. The summed E-state index contributed by atoms with van der Waals surface area (Å²) < 4.78 is 0. The van der Waals surface area contributed by atoms with Crippen molar-refractivity contribution in [3.05, 3.63) is 0 Å². The number of rotatable bonds is 6. The second-order valence-electron chi connectivity index (χ2n) is 2.62. The van der Waals surface area contributed by atoms with E-state index in [9.17, 15) is 4.79 Å². The zero-order valence-corrected chi connectivity index (χ0v) is 6.68. The van der Waals surface area contributed by atoms with Gasteiger partial charge in [-0.15, -0.1) is 0 Å². The highest BCUT2D eigenvalue weighted by molar-refractivity contribution is 5.53. The maximum atomic E-state index is 10.4. The highest BCUT2D eigenvalue weighted by Crippen LogP contribution is 2.09. The topological polar surface area (TPSA) is 43.1 Å². The zero-order valence-electron chi connectivity index (χ0n) is 6.68. The SMILES string of the molecule is CCCC(C=O)CCCN. The van der Waals surface area contributed by atoms with Crippen LogP contribution in [-0.4, -0.2) is 12.8 Å². The number of carbonyl (C=O) groups is 1. The Bertz CT molecular complexity index is 83.3. The van der Waals surface area contributed by atoms with Crippen LogP contribution in [0.15, 0.2) is 0 Å². The van der Waals surface area contributed by atoms with Gasteiger partial charge >= 0.3 is 0 Å². The summed E-state index contributed by atoms with van der Waals surface area (Å²) in [5, 5.41) is 0. The van der Waals surface area contributed by atoms with Crippen LogP contribution in [0.3, 0.4) is 0 Å². The Morgan fingerprint density at radius 2 is 2.20 bits per heavy atom. The molecule has 0 aromatic heterocycles. The Kier molecular flexibility index (Phi) is 6.50. The Labute approximate surface area is 62.8 Å². The lowest BCUT2D eigenvalue weighted by atomic mass is 10.00. The van der Waals surface area contributed by atoms with E-state index in [1.807, 2.05) is 0 Å². The molecule has 0 saturated carbocycles. The molecule has 0 spiro atoms. The fourth-order valence-corrected chi connectivity index (χ4v) is 1.03. The number of nitrogens with two attached hydrogens (primary N) is 1. The minimum absolute atomic E-state index is 0.258. The third kappa shape index (κ3) is 4.50. The second-order valence-corrected chi connectivity index (χ2v) is 2.62. The maximum Gasteiger partial charge on any atom is 0.123 e. The molecular formula is C8H17NO. The van der Waals surface area contributed by atoms with Crippen LogP contribution < -0.4 is 5.73 Å². The summed E-state index contributed by atoms with van der Waals surface area (Å²) in [6.45, 7) is 2.80. The van der Waals surface area contributed by atoms with Crippen LogP contribution in [-0.2, 0) is 4.79 Å². The summed E-state index contributed by atoms with van der Waals surface area (Å²) >= 11 is 0. The predicted molar refractivity (Wildman–Crippen MR) is 42.8 cm³/mol. The van der Waals surface area contributed by atoms with Crippen molar-refractivity contribution in [2.75, 3.05) is 6.54 Å². The number of hydrogen-bond acceptors (Lipinski definition) is 2. The van der Waals surface area contributed by atoms with Gasteiger partial charge < -0.3 is 10.5 Å². The number of hydrogen-bond donors (Lipinski definition) is 1. The molecule has 0 amide bonds. The Balaban J connectivity index is 3.29. The van der Waals surface area contributed by atoms with E-state index in [0.717, 1.165) is 32.0 Å². The fraction of sp³-hybridized carbons (Fsp3) is 0.875. The lowest BCUT2D eigenvalue weighted by Gasteiger charge is -2.05. The van der Waals surface area contributed by atoms with Gasteiger partial charge in [-0.25, -0.2) is 0 Å². The molecule has 0 aromatic rings. The van der Waals surface area contributed by atoms with Crippen LogP contribution in [0.2, 0.25) is 0 Å². The summed E-state index contributed by atoms with van der Waals surface area (Å²) in [4.78, 5) is 10.4. The minimum Gasteiger partial charge on any atom is -0.330 e. The first kappa shape index (κ1) is 9.63. The standard InChI is InChI=1S/C8H17NO/c1-2-4-8(7-10)5-3-6-9/h7-8H,2-6,9H2,1H3. The van der Waals surface area contributed by atoms with Crippen LogP contribution in [0.25, 0.3) is 0 Å². The molecule has 2 heteroatoms. The van der Waals surface area contributed by atoms with E-state index in [4.69, 9.17) is 5.73 Å². The molecule has 0 radical (unpaired) electrons. The van der Waals surface area contributed by atoms with Gasteiger partial charge in [0.1, 0.15) is 6.29 Å². The first-order chi connectivity index (χ1) is 4.85. The van der Waals surface area contributed by atoms with Gasteiger partial charge in [-0.2, -0.15) is 0 Å². The van der Waals surface area contributed by atoms with Crippen molar-refractivity contribution in [2.45, 2.75) is 32.6 Å². The van der Waals surface area contributed by atoms with E-state index in [-0.39, 0.29) is 5.92 Å². The molecule has 1 unspecified atom stereocenters. The summed E-state index contributed by atoms with van der Waals surface area (Å²) in [6.07, 6.45) is 5.11. The van der Waals surface area contributed by atoms with Crippen LogP contribution in [0.5, 0.6) is 0 Å². The van der Waals surface area contributed by atoms with Crippen LogP contribution >= 0.6 is 0 Å². The van der Waals surface area contributed by atoms with Crippen molar-refractivity contribution in [1.29, 1.82) is 0 Å². The van der Waals surface area contributed by atoms with E-state index in [0.29, 0.717) is 6.54 Å². The van der Waals surface area contributed by atoms with E-state index in [1.165, 1.54) is 0 Å². The highest BCUT2D eigenvalue weighted by Gasteiger charge is 2.03. The van der Waals surface area contributed by atoms with Gasteiger partial charge in [0.15, 0.2) is 0 Å². The quantitative estimate of drug-likeness (QED) is 0.570. The molecule has 2 N–H and O–H groups in total. The zero-order chi connectivity index (χ0) is 7.82. The molecule has 0 heterocycles. The molecule has 2 nitrogen and oxygen atoms in total. The predicted octanol–water partition coefficient (Wildman–Crippen LogP) is 1.34. The molecule has 0 rings (SSSR count). The Morgan fingerprint density at radius 1 is 1.50 bits per heavy atom. The average molecular weight is 143 g/mol. The third-order valence-electron chi connectivity index (χ3n) is 1.63. The van der Waals surface area contributed by atoms with E-state index < -0.39 is 0 Å². The van der Waals surface area contributed by atoms with Gasteiger partial charge in [-0.05, 0) is 25.8 Å². The van der Waals surface area contributed by atoms with Crippen molar-refractivity contribution in [3.63, 3.8) is 0 Å². The first-order valence-corrected chi connectivity index (χ1v) is 4.00. The van der Waals surface area contributed by atoms with Gasteiger partial charge in [0, 0.05) is 5.92 Å². The first-order valence-electron chi connectivity index (χ1n) is 4.00. The van der Waals surface area contributed by atoms with Crippen molar-refractivity contribution in [2.24, 2.45) is 11.7 Å². The molecular weight excluding hydrogens is 126 g/mol. The van der Waals surface area contributed by atoms with Gasteiger partial charge in [0.2, 0.25) is 0 Å². The van der Waals surface area contributed by atoms with Crippen molar-refractivity contribution in [3.8, 4) is 0 Å². The van der Waals surface area contributed by atoms with E-state index in [1.54, 1.807) is 0 Å². The molecule has 0 aliphatic carbocycles. The lowest BCUT2D eigenvalue weighted by molar-refractivity contribution is -0.111. The largest absolute Gasteiger partial charge is 0.330 e. The second kappa shape index (κ2) is 6.75. The van der Waals surface area contributed by atoms with Crippen LogP contribution in [0.1, 0.15) is 32.6 Å². The summed E-state index contributed by atoms with van der Waals surface area (Å²) in [7, 11) is 0.